The van der Waals surface area contributed by atoms with Crippen LogP contribution in [0.3, 0.4) is 0 Å². The maximum absolute atomic E-state index is 11.9. The van der Waals surface area contributed by atoms with Crippen LogP contribution in [0.15, 0.2) is 0 Å². The number of sulfone groups is 1. The van der Waals surface area contributed by atoms with Crippen molar-refractivity contribution in [2.45, 2.75) is 50.4 Å². The van der Waals surface area contributed by atoms with Gasteiger partial charge in [-0.2, -0.15) is 0 Å². The van der Waals surface area contributed by atoms with Gasteiger partial charge in [0.2, 0.25) is 0 Å². The molecule has 2 fully saturated rings. The molecule has 3 atom stereocenters. The second kappa shape index (κ2) is 5.24. The second-order valence-electron chi connectivity index (χ2n) is 5.45. The summed E-state index contributed by atoms with van der Waals surface area (Å²) in [5.41, 5.74) is 0. The lowest BCUT2D eigenvalue weighted by Crippen LogP contribution is -2.56. The first-order valence-corrected chi connectivity index (χ1v) is 8.43. The summed E-state index contributed by atoms with van der Waals surface area (Å²) in [6, 6.07) is 0.976. The molecule has 0 radical (unpaired) electrons. The summed E-state index contributed by atoms with van der Waals surface area (Å²) in [7, 11) is -2.80. The van der Waals surface area contributed by atoms with Gasteiger partial charge in [-0.15, -0.1) is 0 Å². The second-order valence-corrected chi connectivity index (χ2v) is 7.85. The van der Waals surface area contributed by atoms with E-state index < -0.39 is 9.84 Å². The van der Waals surface area contributed by atoms with E-state index in [2.05, 4.69) is 24.1 Å². The van der Waals surface area contributed by atoms with Gasteiger partial charge in [0.1, 0.15) is 0 Å². The Morgan fingerprint density at radius 2 is 2.18 bits per heavy atom. The standard InChI is InChI=1S/C12H24N2O2S/c1-3-11-8-14(10(2)7-13-11)9-12-5-4-6-17(12,15)16/h10-13H,3-9H2,1-2H3. The lowest BCUT2D eigenvalue weighted by atomic mass is 10.1. The zero-order valence-electron chi connectivity index (χ0n) is 10.9. The van der Waals surface area contributed by atoms with Crippen LogP contribution in [0.2, 0.25) is 0 Å². The first-order valence-electron chi connectivity index (χ1n) is 6.72. The molecule has 100 valence electrons. The molecule has 4 nitrogen and oxygen atoms in total. The Bertz CT molecular complexity index is 356. The molecule has 0 spiro atoms. The number of nitrogens with zero attached hydrogens (tertiary/aromatic N) is 1. The quantitative estimate of drug-likeness (QED) is 0.809. The Balaban J connectivity index is 1.97. The summed E-state index contributed by atoms with van der Waals surface area (Å²) in [5.74, 6) is 0.398. The Labute approximate surface area is 105 Å². The van der Waals surface area contributed by atoms with Gasteiger partial charge < -0.3 is 5.32 Å². The molecule has 0 amide bonds. The van der Waals surface area contributed by atoms with Crippen LogP contribution >= 0.6 is 0 Å². The molecule has 0 aromatic rings. The molecule has 2 aliphatic rings. The monoisotopic (exact) mass is 260 g/mol. The molecule has 17 heavy (non-hydrogen) atoms. The molecular weight excluding hydrogens is 236 g/mol. The molecule has 2 aliphatic heterocycles. The summed E-state index contributed by atoms with van der Waals surface area (Å²) in [5, 5.41) is 3.39. The maximum Gasteiger partial charge on any atom is 0.154 e. The van der Waals surface area contributed by atoms with Gasteiger partial charge in [-0.25, -0.2) is 8.42 Å². The highest BCUT2D eigenvalue weighted by molar-refractivity contribution is 7.92. The number of hydrogen-bond acceptors (Lipinski definition) is 4. The molecule has 5 heteroatoms. The Kier molecular flexibility index (Phi) is 4.10. The molecule has 1 N–H and O–H groups in total. The van der Waals surface area contributed by atoms with Crippen LogP contribution < -0.4 is 5.32 Å². The van der Waals surface area contributed by atoms with Crippen molar-refractivity contribution < 1.29 is 8.42 Å². The van der Waals surface area contributed by atoms with Crippen LogP contribution in [0, 0.1) is 0 Å². The van der Waals surface area contributed by atoms with Crippen LogP contribution in [0.4, 0.5) is 0 Å². The van der Waals surface area contributed by atoms with E-state index in [1.807, 2.05) is 0 Å². The Morgan fingerprint density at radius 1 is 1.41 bits per heavy atom. The van der Waals surface area contributed by atoms with Gasteiger partial charge >= 0.3 is 0 Å². The molecule has 2 heterocycles. The molecule has 0 aromatic heterocycles. The average molecular weight is 260 g/mol. The summed E-state index contributed by atoms with van der Waals surface area (Å²) < 4.78 is 23.7. The van der Waals surface area contributed by atoms with Crippen molar-refractivity contribution in [2.75, 3.05) is 25.4 Å². The van der Waals surface area contributed by atoms with E-state index in [4.69, 9.17) is 0 Å². The van der Waals surface area contributed by atoms with Crippen LogP contribution in [-0.4, -0.2) is 56.0 Å². The predicted octanol–water partition coefficient (Wildman–Crippen LogP) is 0.636. The van der Waals surface area contributed by atoms with Crippen molar-refractivity contribution in [3.05, 3.63) is 0 Å². The lowest BCUT2D eigenvalue weighted by Gasteiger charge is -2.39. The minimum Gasteiger partial charge on any atom is -0.311 e. The fourth-order valence-electron chi connectivity index (χ4n) is 2.85. The highest BCUT2D eigenvalue weighted by Crippen LogP contribution is 2.22. The van der Waals surface area contributed by atoms with Gasteiger partial charge in [0.15, 0.2) is 9.84 Å². The molecule has 0 bridgehead atoms. The van der Waals surface area contributed by atoms with E-state index in [1.165, 1.54) is 0 Å². The molecule has 2 rings (SSSR count). The van der Waals surface area contributed by atoms with E-state index in [-0.39, 0.29) is 5.25 Å². The third kappa shape index (κ3) is 3.01. The number of hydrogen-bond donors (Lipinski definition) is 1. The van der Waals surface area contributed by atoms with Gasteiger partial charge in [0.05, 0.1) is 11.0 Å². The zero-order chi connectivity index (χ0) is 12.5. The minimum absolute atomic E-state index is 0.111. The van der Waals surface area contributed by atoms with Crippen molar-refractivity contribution in [3.8, 4) is 0 Å². The van der Waals surface area contributed by atoms with Gasteiger partial charge in [0.25, 0.3) is 0 Å². The van der Waals surface area contributed by atoms with E-state index in [0.717, 1.165) is 38.9 Å². The first-order chi connectivity index (χ1) is 8.03. The van der Waals surface area contributed by atoms with E-state index in [9.17, 15) is 8.42 Å². The topological polar surface area (TPSA) is 49.4 Å². The normalized spacial score (nSPS) is 38.4. The number of piperazine rings is 1. The molecule has 3 unspecified atom stereocenters. The van der Waals surface area contributed by atoms with Gasteiger partial charge in [-0.1, -0.05) is 6.92 Å². The van der Waals surface area contributed by atoms with Gasteiger partial charge in [0, 0.05) is 31.7 Å². The largest absolute Gasteiger partial charge is 0.311 e. The smallest absolute Gasteiger partial charge is 0.154 e. The van der Waals surface area contributed by atoms with E-state index >= 15 is 0 Å². The van der Waals surface area contributed by atoms with E-state index in [0.29, 0.717) is 17.8 Å². The molecule has 0 aliphatic carbocycles. The fraction of sp³-hybridized carbons (Fsp3) is 1.00. The van der Waals surface area contributed by atoms with Gasteiger partial charge in [-0.05, 0) is 26.2 Å². The summed E-state index contributed by atoms with van der Waals surface area (Å²) >= 11 is 0. The van der Waals surface area contributed by atoms with Crippen molar-refractivity contribution in [3.63, 3.8) is 0 Å². The van der Waals surface area contributed by atoms with Crippen molar-refractivity contribution >= 4 is 9.84 Å². The van der Waals surface area contributed by atoms with Crippen molar-refractivity contribution in [1.29, 1.82) is 0 Å². The molecular formula is C12H24N2O2S. The van der Waals surface area contributed by atoms with Gasteiger partial charge in [-0.3, -0.25) is 4.90 Å². The van der Waals surface area contributed by atoms with Crippen molar-refractivity contribution in [1.82, 2.24) is 10.2 Å². The summed E-state index contributed by atoms with van der Waals surface area (Å²) in [6.45, 7) is 7.06. The van der Waals surface area contributed by atoms with Crippen LogP contribution in [0.25, 0.3) is 0 Å². The first kappa shape index (κ1) is 13.3. The highest BCUT2D eigenvalue weighted by Gasteiger charge is 2.35. The molecule has 0 aromatic carbocycles. The lowest BCUT2D eigenvalue weighted by molar-refractivity contribution is 0.138. The van der Waals surface area contributed by atoms with Crippen LogP contribution in [0.5, 0.6) is 0 Å². The number of rotatable bonds is 3. The fourth-order valence-corrected chi connectivity index (χ4v) is 4.69. The number of nitrogens with one attached hydrogen (secondary N) is 1. The minimum atomic E-state index is -2.80. The van der Waals surface area contributed by atoms with Crippen LogP contribution in [0.1, 0.15) is 33.1 Å². The third-order valence-electron chi connectivity index (χ3n) is 4.17. The Morgan fingerprint density at radius 3 is 2.76 bits per heavy atom. The summed E-state index contributed by atoms with van der Waals surface area (Å²) in [6.07, 6.45) is 2.82. The van der Waals surface area contributed by atoms with Crippen LogP contribution in [-0.2, 0) is 9.84 Å². The Hall–Kier alpha value is -0.130. The SMILES string of the molecule is CCC1CN(CC2CCCS2(=O)=O)C(C)CN1. The highest BCUT2D eigenvalue weighted by atomic mass is 32.2. The molecule has 2 saturated heterocycles. The third-order valence-corrected chi connectivity index (χ3v) is 6.43. The molecule has 0 saturated carbocycles. The predicted molar refractivity (Wildman–Crippen MR) is 69.9 cm³/mol. The van der Waals surface area contributed by atoms with E-state index in [1.54, 1.807) is 0 Å². The summed E-state index contributed by atoms with van der Waals surface area (Å²) in [4.78, 5) is 2.36. The zero-order valence-corrected chi connectivity index (χ0v) is 11.7. The van der Waals surface area contributed by atoms with Crippen molar-refractivity contribution in [2.24, 2.45) is 0 Å². The average Bonchev–Trinajstić information content (AvgIpc) is 2.61. The maximum atomic E-state index is 11.9.